The molecule has 2 heterocycles. The molecule has 0 aromatic carbocycles. The van der Waals surface area contributed by atoms with E-state index in [2.05, 4.69) is 6.92 Å². The Labute approximate surface area is 175 Å². The Bertz CT molecular complexity index is 903. The summed E-state index contributed by atoms with van der Waals surface area (Å²) < 4.78 is 12.2. The average molecular weight is 422 g/mol. The first-order valence-electron chi connectivity index (χ1n) is 10.4. The molecule has 0 saturated carbocycles. The Morgan fingerprint density at radius 3 is 2.76 bits per heavy atom. The minimum absolute atomic E-state index is 0.121. The minimum Gasteiger partial charge on any atom is -0.462 e. The maximum absolute atomic E-state index is 13.3. The zero-order chi connectivity index (χ0) is 20.8. The molecule has 0 spiro atoms. The Kier molecular flexibility index (Phi) is 7.80. The van der Waals surface area contributed by atoms with Crippen LogP contribution in [0.5, 0.6) is 0 Å². The fourth-order valence-corrected chi connectivity index (χ4v) is 4.86. The van der Waals surface area contributed by atoms with E-state index in [1.807, 2.05) is 19.0 Å². The van der Waals surface area contributed by atoms with Crippen molar-refractivity contribution >= 4 is 27.5 Å². The number of esters is 1. The summed E-state index contributed by atoms with van der Waals surface area (Å²) in [5, 5.41) is 0.697. The number of rotatable bonds is 10. The van der Waals surface area contributed by atoms with Gasteiger partial charge in [0, 0.05) is 11.5 Å². The predicted molar refractivity (Wildman–Crippen MR) is 115 cm³/mol. The van der Waals surface area contributed by atoms with Gasteiger partial charge in [-0.15, -0.1) is 11.3 Å². The van der Waals surface area contributed by atoms with Gasteiger partial charge in [0.15, 0.2) is 0 Å². The molecule has 29 heavy (non-hydrogen) atoms. The van der Waals surface area contributed by atoms with Gasteiger partial charge in [-0.1, -0.05) is 13.3 Å². The van der Waals surface area contributed by atoms with E-state index < -0.39 is 5.97 Å². The van der Waals surface area contributed by atoms with Crippen molar-refractivity contribution in [3.63, 3.8) is 0 Å². The number of unbranched alkanes of at least 4 members (excludes halogenated alkanes) is 1. The number of aryl methyl sites for hydroxylation is 2. The van der Waals surface area contributed by atoms with Crippen LogP contribution >= 0.6 is 11.3 Å². The number of thiophene rings is 1. The first-order chi connectivity index (χ1) is 14.0. The molecule has 0 radical (unpaired) electrons. The highest BCUT2D eigenvalue weighted by atomic mass is 32.1. The molecule has 7 nitrogen and oxygen atoms in total. The third-order valence-corrected chi connectivity index (χ3v) is 6.22. The SMILES string of the molecule is CCCCOCCOC(=O)Cn1c(CN(C)C)nc2sc3c(c2c1=O)CCCC3. The van der Waals surface area contributed by atoms with E-state index in [-0.39, 0.29) is 18.7 Å². The lowest BCUT2D eigenvalue weighted by Gasteiger charge is -2.16. The maximum atomic E-state index is 13.3. The molecule has 160 valence electrons. The van der Waals surface area contributed by atoms with Crippen molar-refractivity contribution in [3.8, 4) is 0 Å². The van der Waals surface area contributed by atoms with E-state index in [4.69, 9.17) is 14.5 Å². The molecule has 0 N–H and O–H groups in total. The van der Waals surface area contributed by atoms with Crippen LogP contribution in [-0.2, 0) is 40.2 Å². The molecule has 3 rings (SSSR count). The Morgan fingerprint density at radius 1 is 1.21 bits per heavy atom. The van der Waals surface area contributed by atoms with Crippen LogP contribution in [0.15, 0.2) is 4.79 Å². The predicted octanol–water partition coefficient (Wildman–Crippen LogP) is 2.76. The van der Waals surface area contributed by atoms with Crippen LogP contribution in [0, 0.1) is 0 Å². The number of carbonyl (C=O) groups excluding carboxylic acids is 1. The molecule has 0 saturated heterocycles. The summed E-state index contributed by atoms with van der Waals surface area (Å²) >= 11 is 1.63. The smallest absolute Gasteiger partial charge is 0.326 e. The molecular formula is C21H31N3O4S. The fraction of sp³-hybridized carbons (Fsp3) is 0.667. The second-order valence-corrected chi connectivity index (χ2v) is 8.82. The molecule has 0 fully saturated rings. The zero-order valence-electron chi connectivity index (χ0n) is 17.7. The molecule has 2 aromatic rings. The third-order valence-electron chi connectivity index (χ3n) is 5.03. The topological polar surface area (TPSA) is 73.7 Å². The molecular weight excluding hydrogens is 390 g/mol. The van der Waals surface area contributed by atoms with E-state index >= 15 is 0 Å². The molecule has 8 heteroatoms. The monoisotopic (exact) mass is 421 g/mol. The molecule has 1 aliphatic rings. The van der Waals surface area contributed by atoms with Crippen molar-refractivity contribution in [1.82, 2.24) is 14.5 Å². The van der Waals surface area contributed by atoms with Gasteiger partial charge in [0.05, 0.1) is 18.5 Å². The molecule has 0 amide bonds. The summed E-state index contributed by atoms with van der Waals surface area (Å²) in [6, 6.07) is 0. The molecule has 0 atom stereocenters. The van der Waals surface area contributed by atoms with Gasteiger partial charge in [-0.3, -0.25) is 14.2 Å². The molecule has 0 bridgehead atoms. The second-order valence-electron chi connectivity index (χ2n) is 7.73. The van der Waals surface area contributed by atoms with E-state index in [0.29, 0.717) is 31.0 Å². The van der Waals surface area contributed by atoms with Crippen LogP contribution in [0.1, 0.15) is 48.9 Å². The highest BCUT2D eigenvalue weighted by Crippen LogP contribution is 2.33. The van der Waals surface area contributed by atoms with Gasteiger partial charge >= 0.3 is 5.97 Å². The number of hydrogen-bond acceptors (Lipinski definition) is 7. The molecule has 1 aliphatic carbocycles. The van der Waals surface area contributed by atoms with Crippen LogP contribution in [0.2, 0.25) is 0 Å². The van der Waals surface area contributed by atoms with E-state index in [0.717, 1.165) is 48.9 Å². The van der Waals surface area contributed by atoms with Crippen LogP contribution in [-0.4, -0.2) is 54.3 Å². The number of carbonyl (C=O) groups is 1. The van der Waals surface area contributed by atoms with E-state index in [1.54, 1.807) is 11.3 Å². The summed E-state index contributed by atoms with van der Waals surface area (Å²) in [5.74, 6) is 0.165. The van der Waals surface area contributed by atoms with Gasteiger partial charge in [-0.05, 0) is 51.8 Å². The number of aromatic nitrogens is 2. The van der Waals surface area contributed by atoms with Crippen LogP contribution < -0.4 is 5.56 Å². The van der Waals surface area contributed by atoms with Crippen LogP contribution in [0.4, 0.5) is 0 Å². The Balaban J connectivity index is 1.80. The van der Waals surface area contributed by atoms with Crippen LogP contribution in [0.25, 0.3) is 10.2 Å². The van der Waals surface area contributed by atoms with Crippen molar-refractivity contribution < 1.29 is 14.3 Å². The van der Waals surface area contributed by atoms with Crippen molar-refractivity contribution in [3.05, 3.63) is 26.6 Å². The van der Waals surface area contributed by atoms with Gasteiger partial charge in [0.25, 0.3) is 5.56 Å². The molecule has 0 aliphatic heterocycles. The summed E-state index contributed by atoms with van der Waals surface area (Å²) in [5.41, 5.74) is 1.01. The van der Waals surface area contributed by atoms with Gasteiger partial charge < -0.3 is 14.4 Å². The van der Waals surface area contributed by atoms with E-state index in [1.165, 1.54) is 9.44 Å². The van der Waals surface area contributed by atoms with Gasteiger partial charge in [-0.25, -0.2) is 4.98 Å². The largest absolute Gasteiger partial charge is 0.462 e. The number of fused-ring (bicyclic) bond motifs is 3. The Hall–Kier alpha value is -1.77. The average Bonchev–Trinajstić information content (AvgIpc) is 3.05. The number of ether oxygens (including phenoxy) is 2. The van der Waals surface area contributed by atoms with Crippen LogP contribution in [0.3, 0.4) is 0 Å². The summed E-state index contributed by atoms with van der Waals surface area (Å²) in [7, 11) is 3.85. The first kappa shape index (κ1) is 21.9. The second kappa shape index (κ2) is 10.3. The van der Waals surface area contributed by atoms with Crippen molar-refractivity contribution in [2.24, 2.45) is 0 Å². The summed E-state index contributed by atoms with van der Waals surface area (Å²) in [6.45, 7) is 3.71. The molecule has 0 unspecified atom stereocenters. The lowest BCUT2D eigenvalue weighted by atomic mass is 9.97. The number of nitrogens with zero attached hydrogens (tertiary/aromatic N) is 3. The lowest BCUT2D eigenvalue weighted by Crippen LogP contribution is -2.32. The lowest BCUT2D eigenvalue weighted by molar-refractivity contribution is -0.146. The highest BCUT2D eigenvalue weighted by Gasteiger charge is 2.23. The maximum Gasteiger partial charge on any atom is 0.326 e. The zero-order valence-corrected chi connectivity index (χ0v) is 18.5. The highest BCUT2D eigenvalue weighted by molar-refractivity contribution is 7.18. The summed E-state index contributed by atoms with van der Waals surface area (Å²) in [6.07, 6.45) is 6.24. The van der Waals surface area contributed by atoms with Gasteiger partial charge in [-0.2, -0.15) is 0 Å². The number of hydrogen-bond donors (Lipinski definition) is 0. The summed E-state index contributed by atoms with van der Waals surface area (Å²) in [4.78, 5) is 34.5. The first-order valence-corrected chi connectivity index (χ1v) is 11.2. The normalized spacial score (nSPS) is 13.8. The minimum atomic E-state index is -0.434. The standard InChI is InChI=1S/C21H31N3O4S/c1-4-5-10-27-11-12-28-18(25)14-24-17(13-23(2)3)22-20-19(21(24)26)15-8-6-7-9-16(15)29-20/h4-14H2,1-3H3. The van der Waals surface area contributed by atoms with Crippen molar-refractivity contribution in [2.45, 2.75) is 58.5 Å². The quantitative estimate of drug-likeness (QED) is 0.434. The fourth-order valence-electron chi connectivity index (χ4n) is 3.58. The van der Waals surface area contributed by atoms with E-state index in [9.17, 15) is 9.59 Å². The van der Waals surface area contributed by atoms with Crippen molar-refractivity contribution in [1.29, 1.82) is 0 Å². The van der Waals surface area contributed by atoms with Gasteiger partial charge in [0.2, 0.25) is 0 Å². The third kappa shape index (κ3) is 5.43. The Morgan fingerprint density at radius 2 is 2.00 bits per heavy atom. The molecule has 2 aromatic heterocycles. The van der Waals surface area contributed by atoms with Crippen molar-refractivity contribution in [2.75, 3.05) is 33.9 Å². The van der Waals surface area contributed by atoms with Gasteiger partial charge in [0.1, 0.15) is 23.8 Å².